The summed E-state index contributed by atoms with van der Waals surface area (Å²) in [6.45, 7) is 0.640. The van der Waals surface area contributed by atoms with E-state index in [-0.39, 0.29) is 0 Å². The Balaban J connectivity index is 0.000000371. The fourth-order valence-electron chi connectivity index (χ4n) is 0.614. The van der Waals surface area contributed by atoms with Gasteiger partial charge in [0, 0.05) is 6.54 Å². The van der Waals surface area contributed by atoms with Gasteiger partial charge >= 0.3 is 9.12 Å². The Morgan fingerprint density at radius 2 is 1.70 bits per heavy atom. The van der Waals surface area contributed by atoms with Gasteiger partial charge in [-0.05, 0) is 5.56 Å². The highest BCUT2D eigenvalue weighted by atomic mass is 31.0. The van der Waals surface area contributed by atoms with Gasteiger partial charge in [-0.3, -0.25) is 0 Å². The van der Waals surface area contributed by atoms with Gasteiger partial charge in [0.15, 0.2) is 0 Å². The van der Waals surface area contributed by atoms with E-state index in [1.165, 1.54) is 14.7 Å². The summed E-state index contributed by atoms with van der Waals surface area (Å²) in [6, 6.07) is 9.99. The van der Waals surface area contributed by atoms with Crippen molar-refractivity contribution in [2.75, 3.05) is 0 Å². The molecular formula is C7H11NOP+. The predicted molar refractivity (Wildman–Crippen MR) is 44.7 cm³/mol. The zero-order chi connectivity index (χ0) is 7.82. The Bertz CT molecular complexity index is 167. The molecule has 0 aliphatic carbocycles. The van der Waals surface area contributed by atoms with Gasteiger partial charge in [-0.2, -0.15) is 0 Å². The van der Waals surface area contributed by atoms with E-state index in [4.69, 9.17) is 10.3 Å². The summed E-state index contributed by atoms with van der Waals surface area (Å²) in [5.41, 5.74) is 6.54. The summed E-state index contributed by atoms with van der Waals surface area (Å²) in [5, 5.41) is 0. The molecule has 0 fully saturated rings. The molecule has 0 bridgehead atoms. The molecule has 1 atom stereocenters. The third-order valence-electron chi connectivity index (χ3n) is 1.08. The van der Waals surface area contributed by atoms with Gasteiger partial charge in [0.2, 0.25) is 0 Å². The first-order valence-corrected chi connectivity index (χ1v) is 3.38. The molecule has 0 saturated carbocycles. The maximum absolute atomic E-state index is 8.17. The van der Waals surface area contributed by atoms with Crippen LogP contribution in [0.2, 0.25) is 0 Å². The van der Waals surface area contributed by atoms with Gasteiger partial charge in [0.05, 0.1) is 0 Å². The lowest BCUT2D eigenvalue weighted by Gasteiger charge is -1.90. The SMILES string of the molecule is NCc1ccccc1.O=[PH2+]. The maximum Gasteiger partial charge on any atom is 0.310 e. The lowest BCUT2D eigenvalue weighted by molar-refractivity contribution is 0.607. The molecular weight excluding hydrogens is 145 g/mol. The van der Waals surface area contributed by atoms with Crippen molar-refractivity contribution in [2.45, 2.75) is 6.54 Å². The van der Waals surface area contributed by atoms with Crippen molar-refractivity contribution in [1.29, 1.82) is 0 Å². The largest absolute Gasteiger partial charge is 0.326 e. The van der Waals surface area contributed by atoms with Crippen LogP contribution < -0.4 is 5.73 Å². The van der Waals surface area contributed by atoms with Crippen LogP contribution >= 0.6 is 9.12 Å². The number of nitrogens with two attached hydrogens (primary N) is 1. The second kappa shape index (κ2) is 6.40. The highest BCUT2D eigenvalue weighted by Gasteiger charge is 1.80. The molecule has 54 valence electrons. The second-order valence-corrected chi connectivity index (χ2v) is 1.69. The molecule has 0 aromatic heterocycles. The quantitative estimate of drug-likeness (QED) is 0.623. The minimum absolute atomic E-state index is 0.640. The van der Waals surface area contributed by atoms with Crippen LogP contribution in [0.1, 0.15) is 5.56 Å². The molecule has 0 aliphatic heterocycles. The van der Waals surface area contributed by atoms with Crippen LogP contribution in [0.5, 0.6) is 0 Å². The third kappa shape index (κ3) is 3.33. The molecule has 0 heterocycles. The summed E-state index contributed by atoms with van der Waals surface area (Å²) >= 11 is 0. The Morgan fingerprint density at radius 1 is 1.20 bits per heavy atom. The van der Waals surface area contributed by atoms with Crippen LogP contribution in [-0.2, 0) is 11.1 Å². The van der Waals surface area contributed by atoms with Crippen molar-refractivity contribution in [2.24, 2.45) is 5.73 Å². The summed E-state index contributed by atoms with van der Waals surface area (Å²) in [5.74, 6) is 0. The molecule has 0 aliphatic rings. The van der Waals surface area contributed by atoms with Crippen molar-refractivity contribution in [3.8, 4) is 0 Å². The van der Waals surface area contributed by atoms with Gasteiger partial charge in [-0.15, -0.1) is 0 Å². The van der Waals surface area contributed by atoms with Crippen molar-refractivity contribution in [1.82, 2.24) is 0 Å². The monoisotopic (exact) mass is 156 g/mol. The number of benzene rings is 1. The average Bonchev–Trinajstić information content (AvgIpc) is 2.10. The molecule has 0 saturated heterocycles. The lowest BCUT2D eigenvalue weighted by atomic mass is 10.2. The Hall–Kier alpha value is -0.720. The summed E-state index contributed by atoms with van der Waals surface area (Å²) in [6.07, 6.45) is 0. The average molecular weight is 156 g/mol. The molecule has 1 aromatic carbocycles. The standard InChI is InChI=1S/C7H9N.H2OP/c8-6-7-4-2-1-3-5-7;1-2/h1-5H,6,8H2;2H2/q;+1. The van der Waals surface area contributed by atoms with Crippen molar-refractivity contribution in [3.05, 3.63) is 35.9 Å². The normalized spacial score (nSPS) is 7.70. The van der Waals surface area contributed by atoms with E-state index in [1.807, 2.05) is 30.3 Å². The zero-order valence-electron chi connectivity index (χ0n) is 5.66. The molecule has 0 spiro atoms. The van der Waals surface area contributed by atoms with E-state index < -0.39 is 0 Å². The second-order valence-electron chi connectivity index (χ2n) is 1.69. The van der Waals surface area contributed by atoms with E-state index in [0.717, 1.165) is 0 Å². The summed E-state index contributed by atoms with van der Waals surface area (Å²) < 4.78 is 8.17. The molecule has 0 radical (unpaired) electrons. The number of hydrogen-bond donors (Lipinski definition) is 1. The van der Waals surface area contributed by atoms with Crippen LogP contribution in [-0.4, -0.2) is 0 Å². The predicted octanol–water partition coefficient (Wildman–Crippen LogP) is 1.35. The molecule has 1 rings (SSSR count). The van der Waals surface area contributed by atoms with Crippen LogP contribution in [0.3, 0.4) is 0 Å². The lowest BCUT2D eigenvalue weighted by Crippen LogP contribution is -1.94. The number of rotatable bonds is 1. The summed E-state index contributed by atoms with van der Waals surface area (Å²) in [7, 11) is 1.17. The molecule has 0 amide bonds. The van der Waals surface area contributed by atoms with Gasteiger partial charge in [0.25, 0.3) is 0 Å². The Labute approximate surface area is 62.7 Å². The topological polar surface area (TPSA) is 43.1 Å². The first-order valence-electron chi connectivity index (χ1n) is 2.91. The number of hydrogen-bond acceptors (Lipinski definition) is 2. The minimum atomic E-state index is 0.640. The fraction of sp³-hybridized carbons (Fsp3) is 0.143. The van der Waals surface area contributed by atoms with E-state index in [2.05, 4.69) is 0 Å². The van der Waals surface area contributed by atoms with E-state index >= 15 is 0 Å². The van der Waals surface area contributed by atoms with Gasteiger partial charge in [-0.25, -0.2) is 0 Å². The van der Waals surface area contributed by atoms with E-state index in [1.54, 1.807) is 0 Å². The van der Waals surface area contributed by atoms with Crippen LogP contribution in [0.4, 0.5) is 0 Å². The molecule has 3 heteroatoms. The Kier molecular flexibility index (Phi) is 5.94. The van der Waals surface area contributed by atoms with Gasteiger partial charge in [0.1, 0.15) is 0 Å². The fourth-order valence-corrected chi connectivity index (χ4v) is 0.614. The molecule has 1 aromatic rings. The van der Waals surface area contributed by atoms with E-state index in [0.29, 0.717) is 6.54 Å². The molecule has 10 heavy (non-hydrogen) atoms. The Morgan fingerprint density at radius 3 is 2.00 bits per heavy atom. The minimum Gasteiger partial charge on any atom is -0.326 e. The smallest absolute Gasteiger partial charge is 0.310 e. The third-order valence-corrected chi connectivity index (χ3v) is 1.08. The van der Waals surface area contributed by atoms with Crippen LogP contribution in [0, 0.1) is 0 Å². The molecule has 2 nitrogen and oxygen atoms in total. The first-order chi connectivity index (χ1) is 4.93. The maximum atomic E-state index is 8.17. The zero-order valence-corrected chi connectivity index (χ0v) is 6.81. The highest BCUT2D eigenvalue weighted by molar-refractivity contribution is 7.00. The van der Waals surface area contributed by atoms with Gasteiger partial charge < -0.3 is 5.73 Å². The first kappa shape index (κ1) is 9.28. The summed E-state index contributed by atoms with van der Waals surface area (Å²) in [4.78, 5) is 0. The van der Waals surface area contributed by atoms with Crippen molar-refractivity contribution < 1.29 is 4.57 Å². The molecule has 1 unspecified atom stereocenters. The van der Waals surface area contributed by atoms with E-state index in [9.17, 15) is 0 Å². The van der Waals surface area contributed by atoms with Crippen LogP contribution in [0.25, 0.3) is 0 Å². The van der Waals surface area contributed by atoms with Crippen molar-refractivity contribution >= 4 is 9.12 Å². The molecule has 2 N–H and O–H groups in total. The van der Waals surface area contributed by atoms with Crippen LogP contribution in [0.15, 0.2) is 30.3 Å². The van der Waals surface area contributed by atoms with Crippen molar-refractivity contribution in [3.63, 3.8) is 0 Å². The highest BCUT2D eigenvalue weighted by Crippen LogP contribution is 1.94. The van der Waals surface area contributed by atoms with Gasteiger partial charge in [-0.1, -0.05) is 34.9 Å².